The number of anilines is 2. The third-order valence-electron chi connectivity index (χ3n) is 4.42. The van der Waals surface area contributed by atoms with E-state index in [0.29, 0.717) is 23.8 Å². The molecule has 3 aromatic heterocycles. The molecule has 3 heterocycles. The van der Waals surface area contributed by atoms with E-state index in [1.54, 1.807) is 18.5 Å². The van der Waals surface area contributed by atoms with E-state index in [2.05, 4.69) is 30.7 Å². The quantitative estimate of drug-likeness (QED) is 0.445. The molecule has 0 saturated heterocycles. The monoisotopic (exact) mass is 391 g/mol. The molecule has 0 unspecified atom stereocenters. The van der Waals surface area contributed by atoms with Gasteiger partial charge in [0, 0.05) is 35.3 Å². The Labute approximate surface area is 166 Å². The number of nitrogens with one attached hydrogen (secondary N) is 3. The molecule has 4 rings (SSSR count). The van der Waals surface area contributed by atoms with E-state index in [9.17, 15) is 9.59 Å². The van der Waals surface area contributed by atoms with Gasteiger partial charge in [-0.1, -0.05) is 13.8 Å². The molecule has 3 N–H and O–H groups in total. The number of Topliss-reactive ketones (excluding diaryl/α,β-unsaturated/α-hetero) is 1. The summed E-state index contributed by atoms with van der Waals surface area (Å²) in [6.07, 6.45) is 3.81. The van der Waals surface area contributed by atoms with Crippen LogP contribution in [0.25, 0.3) is 22.3 Å². The number of benzene rings is 1. The summed E-state index contributed by atoms with van der Waals surface area (Å²) in [4.78, 5) is 28.6. The second-order valence-corrected chi connectivity index (χ2v) is 7.33. The van der Waals surface area contributed by atoms with Gasteiger partial charge in [-0.3, -0.25) is 19.8 Å². The van der Waals surface area contributed by atoms with Crippen LogP contribution in [0.3, 0.4) is 0 Å². The number of carbonyl (C=O) groups excluding carboxylic acids is 1. The molecule has 0 saturated carbocycles. The van der Waals surface area contributed by atoms with Crippen LogP contribution >= 0.6 is 0 Å². The fourth-order valence-corrected chi connectivity index (χ4v) is 3.10. The molecule has 9 heteroatoms. The molecule has 0 spiro atoms. The Morgan fingerprint density at radius 1 is 1.21 bits per heavy atom. The predicted octanol–water partition coefficient (Wildman–Crippen LogP) is 2.87. The number of nitrogens with zero attached hydrogens (tertiary/aromatic N) is 4. The minimum Gasteiger partial charge on any atom is -0.323 e. The highest BCUT2D eigenvalue weighted by Gasteiger charge is 2.11. The van der Waals surface area contributed by atoms with Crippen LogP contribution in [0, 0.1) is 5.92 Å². The SMILES string of the molecule is CC(C)CC(=O)Cn1cc(-c2nc(Nc3ccc4[nH]ncc4c3)n[nH]2)ccc1=O. The van der Waals surface area contributed by atoms with Gasteiger partial charge in [-0.15, -0.1) is 5.10 Å². The molecule has 0 atom stereocenters. The topological polar surface area (TPSA) is 121 Å². The molecule has 1 aromatic carbocycles. The summed E-state index contributed by atoms with van der Waals surface area (Å²) in [7, 11) is 0. The molecule has 0 fully saturated rings. The van der Waals surface area contributed by atoms with E-state index in [-0.39, 0.29) is 23.8 Å². The number of carbonyl (C=O) groups is 1. The largest absolute Gasteiger partial charge is 0.323 e. The van der Waals surface area contributed by atoms with E-state index in [4.69, 9.17) is 0 Å². The lowest BCUT2D eigenvalue weighted by atomic mass is 10.1. The van der Waals surface area contributed by atoms with Crippen molar-refractivity contribution in [2.75, 3.05) is 5.32 Å². The van der Waals surface area contributed by atoms with Gasteiger partial charge in [0.05, 0.1) is 18.3 Å². The Morgan fingerprint density at radius 2 is 2.07 bits per heavy atom. The number of rotatable bonds is 7. The van der Waals surface area contributed by atoms with Crippen molar-refractivity contribution in [2.45, 2.75) is 26.8 Å². The summed E-state index contributed by atoms with van der Waals surface area (Å²) in [6.45, 7) is 4.00. The van der Waals surface area contributed by atoms with Gasteiger partial charge in [-0.05, 0) is 30.2 Å². The first-order valence-electron chi connectivity index (χ1n) is 9.33. The van der Waals surface area contributed by atoms with Crippen molar-refractivity contribution >= 4 is 28.3 Å². The van der Waals surface area contributed by atoms with Crippen LogP contribution in [0.2, 0.25) is 0 Å². The minimum atomic E-state index is -0.225. The van der Waals surface area contributed by atoms with Crippen LogP contribution in [0.15, 0.2) is 47.5 Å². The number of hydrogen-bond donors (Lipinski definition) is 3. The van der Waals surface area contributed by atoms with Crippen molar-refractivity contribution in [3.05, 3.63) is 53.1 Å². The van der Waals surface area contributed by atoms with Gasteiger partial charge in [0.1, 0.15) is 0 Å². The fraction of sp³-hybridized carbons (Fsp3) is 0.250. The van der Waals surface area contributed by atoms with Crippen LogP contribution in [0.1, 0.15) is 20.3 Å². The molecule has 0 radical (unpaired) electrons. The highest BCUT2D eigenvalue weighted by atomic mass is 16.1. The molecule has 0 bridgehead atoms. The summed E-state index contributed by atoms with van der Waals surface area (Å²) >= 11 is 0. The minimum absolute atomic E-state index is 0.0221. The van der Waals surface area contributed by atoms with Crippen molar-refractivity contribution in [3.8, 4) is 11.4 Å². The highest BCUT2D eigenvalue weighted by molar-refractivity contribution is 5.82. The Kier molecular flexibility index (Phi) is 4.94. The van der Waals surface area contributed by atoms with Gasteiger partial charge in [-0.25, -0.2) is 0 Å². The zero-order valence-corrected chi connectivity index (χ0v) is 16.1. The maximum atomic E-state index is 12.1. The maximum absolute atomic E-state index is 12.1. The van der Waals surface area contributed by atoms with Gasteiger partial charge in [-0.2, -0.15) is 10.1 Å². The van der Waals surface area contributed by atoms with Gasteiger partial charge in [0.15, 0.2) is 11.6 Å². The number of aromatic nitrogens is 6. The molecular weight excluding hydrogens is 370 g/mol. The van der Waals surface area contributed by atoms with Crippen LogP contribution in [0.4, 0.5) is 11.6 Å². The Hall–Kier alpha value is -3.75. The lowest BCUT2D eigenvalue weighted by Crippen LogP contribution is -2.23. The van der Waals surface area contributed by atoms with Gasteiger partial charge < -0.3 is 9.88 Å². The van der Waals surface area contributed by atoms with E-state index >= 15 is 0 Å². The first kappa shape index (κ1) is 18.6. The molecule has 4 aromatic rings. The van der Waals surface area contributed by atoms with E-state index in [1.807, 2.05) is 32.0 Å². The van der Waals surface area contributed by atoms with E-state index in [0.717, 1.165) is 16.6 Å². The molecule has 0 amide bonds. The van der Waals surface area contributed by atoms with Crippen molar-refractivity contribution in [1.29, 1.82) is 0 Å². The van der Waals surface area contributed by atoms with Crippen LogP contribution in [-0.2, 0) is 11.3 Å². The van der Waals surface area contributed by atoms with Crippen molar-refractivity contribution in [1.82, 2.24) is 29.9 Å². The number of aromatic amines is 2. The van der Waals surface area contributed by atoms with Gasteiger partial charge in [0.25, 0.3) is 5.56 Å². The highest BCUT2D eigenvalue weighted by Crippen LogP contribution is 2.21. The predicted molar refractivity (Wildman–Crippen MR) is 110 cm³/mol. The molecule has 29 heavy (non-hydrogen) atoms. The summed E-state index contributed by atoms with van der Waals surface area (Å²) in [5.41, 5.74) is 2.22. The van der Waals surface area contributed by atoms with Crippen LogP contribution < -0.4 is 10.9 Å². The molecule has 9 nitrogen and oxygen atoms in total. The third kappa shape index (κ3) is 4.23. The van der Waals surface area contributed by atoms with E-state index in [1.165, 1.54) is 10.6 Å². The first-order chi connectivity index (χ1) is 14.0. The number of H-pyrrole nitrogens is 2. The summed E-state index contributed by atoms with van der Waals surface area (Å²) in [5.74, 6) is 1.18. The molecular formula is C20H21N7O2. The number of hydrogen-bond acceptors (Lipinski definition) is 6. The molecule has 0 aliphatic carbocycles. The first-order valence-corrected chi connectivity index (χ1v) is 9.33. The summed E-state index contributed by atoms with van der Waals surface area (Å²) in [5, 5.41) is 18.1. The smallest absolute Gasteiger partial charge is 0.250 e. The Morgan fingerprint density at radius 3 is 2.90 bits per heavy atom. The average molecular weight is 391 g/mol. The lowest BCUT2D eigenvalue weighted by Gasteiger charge is -2.08. The number of pyridine rings is 1. The lowest BCUT2D eigenvalue weighted by molar-refractivity contribution is -0.120. The Balaban J connectivity index is 1.53. The van der Waals surface area contributed by atoms with E-state index < -0.39 is 0 Å². The maximum Gasteiger partial charge on any atom is 0.250 e. The average Bonchev–Trinajstić information content (AvgIpc) is 3.32. The van der Waals surface area contributed by atoms with Crippen LogP contribution in [0.5, 0.6) is 0 Å². The second-order valence-electron chi connectivity index (χ2n) is 7.33. The number of fused-ring (bicyclic) bond motifs is 1. The fourth-order valence-electron chi connectivity index (χ4n) is 3.10. The van der Waals surface area contributed by atoms with Crippen molar-refractivity contribution < 1.29 is 4.79 Å². The second kappa shape index (κ2) is 7.70. The van der Waals surface area contributed by atoms with Crippen molar-refractivity contribution in [3.63, 3.8) is 0 Å². The van der Waals surface area contributed by atoms with Crippen LogP contribution in [-0.4, -0.2) is 35.7 Å². The Bertz CT molecular complexity index is 1220. The van der Waals surface area contributed by atoms with Gasteiger partial charge in [0.2, 0.25) is 5.95 Å². The number of ketones is 1. The summed E-state index contributed by atoms with van der Waals surface area (Å²) < 4.78 is 1.41. The molecule has 148 valence electrons. The summed E-state index contributed by atoms with van der Waals surface area (Å²) in [6, 6.07) is 8.85. The third-order valence-corrected chi connectivity index (χ3v) is 4.42. The molecule has 0 aliphatic rings. The van der Waals surface area contributed by atoms with Gasteiger partial charge >= 0.3 is 0 Å². The van der Waals surface area contributed by atoms with Crippen molar-refractivity contribution in [2.24, 2.45) is 5.92 Å². The standard InChI is InChI=1S/C20H21N7O2/c1-12(2)7-16(28)11-27-10-13(3-6-18(27)29)19-23-20(26-25-19)22-15-4-5-17-14(8-15)9-21-24-17/h3-6,8-10,12H,7,11H2,1-2H3,(H,21,24)(H2,22,23,25,26). The normalized spacial score (nSPS) is 11.3. The zero-order valence-electron chi connectivity index (χ0n) is 16.1. The zero-order chi connectivity index (χ0) is 20.4. The molecule has 0 aliphatic heterocycles.